The fourth-order valence-corrected chi connectivity index (χ4v) is 3.93. The van der Waals surface area contributed by atoms with Crippen molar-refractivity contribution in [3.05, 3.63) is 88.7 Å². The minimum absolute atomic E-state index is 0.0982. The van der Waals surface area contributed by atoms with Crippen LogP contribution in [0, 0.1) is 5.82 Å². The lowest BCUT2D eigenvalue weighted by molar-refractivity contribution is 0.0950. The average Bonchev–Trinajstić information content (AvgIpc) is 2.73. The Morgan fingerprint density at radius 1 is 1.07 bits per heavy atom. The van der Waals surface area contributed by atoms with E-state index in [1.54, 1.807) is 24.3 Å². The summed E-state index contributed by atoms with van der Waals surface area (Å²) in [4.78, 5) is 12.3. The van der Waals surface area contributed by atoms with Gasteiger partial charge in [-0.2, -0.15) is 0 Å². The van der Waals surface area contributed by atoms with E-state index in [2.05, 4.69) is 10.0 Å². The summed E-state index contributed by atoms with van der Waals surface area (Å²) in [6, 6.07) is 15.8. The van der Waals surface area contributed by atoms with Crippen molar-refractivity contribution in [3.8, 4) is 5.75 Å². The summed E-state index contributed by atoms with van der Waals surface area (Å²) in [5, 5.41) is 3.01. The smallest absolute Gasteiger partial charge is 0.262 e. The number of benzene rings is 3. The molecule has 0 heterocycles. The molecule has 30 heavy (non-hydrogen) atoms. The van der Waals surface area contributed by atoms with Crippen LogP contribution < -0.4 is 14.8 Å². The first-order valence-electron chi connectivity index (χ1n) is 8.77. The number of hydrogen-bond donors (Lipinski definition) is 2. The molecule has 3 aromatic carbocycles. The van der Waals surface area contributed by atoms with Gasteiger partial charge in [-0.1, -0.05) is 29.8 Å². The van der Waals surface area contributed by atoms with Crippen LogP contribution in [-0.4, -0.2) is 21.4 Å². The first-order chi connectivity index (χ1) is 14.3. The predicted octanol–water partition coefficient (Wildman–Crippen LogP) is 4.22. The number of hydrogen-bond acceptors (Lipinski definition) is 4. The molecule has 0 unspecified atom stereocenters. The van der Waals surface area contributed by atoms with Crippen LogP contribution in [0.3, 0.4) is 0 Å². The number of carbonyl (C=O) groups is 1. The molecule has 0 atom stereocenters. The van der Waals surface area contributed by atoms with Gasteiger partial charge in [-0.25, -0.2) is 12.8 Å². The zero-order valence-corrected chi connectivity index (χ0v) is 17.4. The van der Waals surface area contributed by atoms with Crippen LogP contribution in [0.15, 0.2) is 71.6 Å². The standard InChI is InChI=1S/C21H18ClFN2O4S/c1-29-20-10-7-16(22)12-19(20)25-30(27,28)18-4-2-3-15(11-18)21(26)24-13-14-5-8-17(23)9-6-14/h2-12,25H,13H2,1H3,(H,24,26). The largest absolute Gasteiger partial charge is 0.495 e. The Kier molecular flexibility index (Phi) is 6.59. The van der Waals surface area contributed by atoms with Gasteiger partial charge in [-0.15, -0.1) is 0 Å². The fraction of sp³-hybridized carbons (Fsp3) is 0.0952. The molecular weight excluding hydrogens is 431 g/mol. The van der Waals surface area contributed by atoms with Gasteiger partial charge in [0.15, 0.2) is 0 Å². The molecule has 0 aliphatic rings. The molecule has 1 amide bonds. The molecule has 3 rings (SSSR count). The first kappa shape index (κ1) is 21.6. The van der Waals surface area contributed by atoms with Gasteiger partial charge in [-0.05, 0) is 54.1 Å². The molecule has 0 fully saturated rings. The molecule has 0 spiro atoms. The summed E-state index contributed by atoms with van der Waals surface area (Å²) < 4.78 is 46.1. The number of methoxy groups -OCH3 is 1. The maximum atomic E-state index is 13.0. The van der Waals surface area contributed by atoms with Gasteiger partial charge in [0, 0.05) is 17.1 Å². The Balaban J connectivity index is 1.77. The summed E-state index contributed by atoms with van der Waals surface area (Å²) in [6.45, 7) is 0.175. The first-order valence-corrected chi connectivity index (χ1v) is 10.6. The second-order valence-electron chi connectivity index (χ2n) is 6.29. The molecule has 0 radical (unpaired) electrons. The lowest BCUT2D eigenvalue weighted by atomic mass is 10.2. The van der Waals surface area contributed by atoms with E-state index in [1.807, 2.05) is 0 Å². The number of ether oxygens (including phenoxy) is 1. The Morgan fingerprint density at radius 2 is 1.80 bits per heavy atom. The van der Waals surface area contributed by atoms with Crippen molar-refractivity contribution >= 4 is 33.2 Å². The SMILES string of the molecule is COc1ccc(Cl)cc1NS(=O)(=O)c1cccc(C(=O)NCc2ccc(F)cc2)c1. The normalized spacial score (nSPS) is 11.0. The lowest BCUT2D eigenvalue weighted by Crippen LogP contribution is -2.23. The quantitative estimate of drug-likeness (QED) is 0.566. The number of rotatable bonds is 7. The van der Waals surface area contributed by atoms with Gasteiger partial charge in [0.05, 0.1) is 17.7 Å². The van der Waals surface area contributed by atoms with Crippen molar-refractivity contribution in [2.75, 3.05) is 11.8 Å². The van der Waals surface area contributed by atoms with E-state index in [0.717, 1.165) is 0 Å². The molecule has 0 bridgehead atoms. The highest BCUT2D eigenvalue weighted by molar-refractivity contribution is 7.92. The van der Waals surface area contributed by atoms with Crippen LogP contribution in [0.5, 0.6) is 5.75 Å². The van der Waals surface area contributed by atoms with Gasteiger partial charge in [0.2, 0.25) is 0 Å². The molecule has 0 aliphatic carbocycles. The monoisotopic (exact) mass is 448 g/mol. The fourth-order valence-electron chi connectivity index (χ4n) is 2.65. The second kappa shape index (κ2) is 9.15. The molecule has 0 aromatic heterocycles. The van der Waals surface area contributed by atoms with Crippen molar-refractivity contribution in [2.45, 2.75) is 11.4 Å². The molecular formula is C21H18ClFN2O4S. The Hall–Kier alpha value is -3.10. The minimum atomic E-state index is -4.00. The van der Waals surface area contributed by atoms with E-state index in [-0.39, 0.29) is 28.5 Å². The van der Waals surface area contributed by atoms with Crippen molar-refractivity contribution in [3.63, 3.8) is 0 Å². The average molecular weight is 449 g/mol. The van der Waals surface area contributed by atoms with E-state index in [4.69, 9.17) is 16.3 Å². The van der Waals surface area contributed by atoms with E-state index in [9.17, 15) is 17.6 Å². The topological polar surface area (TPSA) is 84.5 Å². The number of nitrogens with one attached hydrogen (secondary N) is 2. The number of carbonyl (C=O) groups excluding carboxylic acids is 1. The molecule has 2 N–H and O–H groups in total. The molecule has 6 nitrogen and oxygen atoms in total. The molecule has 9 heteroatoms. The van der Waals surface area contributed by atoms with Crippen molar-refractivity contribution in [1.29, 1.82) is 0 Å². The third kappa shape index (κ3) is 5.28. The van der Waals surface area contributed by atoms with E-state index in [1.165, 1.54) is 49.6 Å². The van der Waals surface area contributed by atoms with E-state index < -0.39 is 15.9 Å². The zero-order chi connectivity index (χ0) is 21.7. The molecule has 0 saturated heterocycles. The highest BCUT2D eigenvalue weighted by Gasteiger charge is 2.18. The summed E-state index contributed by atoms with van der Waals surface area (Å²) in [7, 11) is -2.59. The predicted molar refractivity (Wildman–Crippen MR) is 113 cm³/mol. The van der Waals surface area contributed by atoms with Crippen LogP contribution in [0.25, 0.3) is 0 Å². The number of amides is 1. The highest BCUT2D eigenvalue weighted by Crippen LogP contribution is 2.30. The van der Waals surface area contributed by atoms with E-state index >= 15 is 0 Å². The molecule has 0 aliphatic heterocycles. The van der Waals surface area contributed by atoms with Crippen LogP contribution in [0.2, 0.25) is 5.02 Å². The van der Waals surface area contributed by atoms with Crippen molar-refractivity contribution in [1.82, 2.24) is 5.32 Å². The van der Waals surface area contributed by atoms with Gasteiger partial charge in [0.25, 0.3) is 15.9 Å². The number of sulfonamides is 1. The van der Waals surface area contributed by atoms with Crippen molar-refractivity contribution < 1.29 is 22.3 Å². The van der Waals surface area contributed by atoms with Crippen LogP contribution in [0.4, 0.5) is 10.1 Å². The third-order valence-electron chi connectivity index (χ3n) is 4.18. The molecule has 0 saturated carbocycles. The summed E-state index contributed by atoms with van der Waals surface area (Å²) in [6.07, 6.45) is 0. The van der Waals surface area contributed by atoms with Gasteiger partial charge >= 0.3 is 0 Å². The Morgan fingerprint density at radius 3 is 2.50 bits per heavy atom. The second-order valence-corrected chi connectivity index (χ2v) is 8.41. The minimum Gasteiger partial charge on any atom is -0.495 e. The maximum Gasteiger partial charge on any atom is 0.262 e. The summed E-state index contributed by atoms with van der Waals surface area (Å²) >= 11 is 5.95. The van der Waals surface area contributed by atoms with Crippen molar-refractivity contribution in [2.24, 2.45) is 0 Å². The van der Waals surface area contributed by atoms with Gasteiger partial charge in [-0.3, -0.25) is 9.52 Å². The van der Waals surface area contributed by atoms with Crippen LogP contribution >= 0.6 is 11.6 Å². The third-order valence-corrected chi connectivity index (χ3v) is 5.78. The highest BCUT2D eigenvalue weighted by atomic mass is 35.5. The van der Waals surface area contributed by atoms with Crippen LogP contribution in [0.1, 0.15) is 15.9 Å². The van der Waals surface area contributed by atoms with Gasteiger partial charge < -0.3 is 10.1 Å². The summed E-state index contributed by atoms with van der Waals surface area (Å²) in [5.74, 6) is -0.528. The number of halogens is 2. The lowest BCUT2D eigenvalue weighted by Gasteiger charge is -2.13. The van der Waals surface area contributed by atoms with Crippen LogP contribution in [-0.2, 0) is 16.6 Å². The zero-order valence-electron chi connectivity index (χ0n) is 15.9. The number of anilines is 1. The van der Waals surface area contributed by atoms with Gasteiger partial charge in [0.1, 0.15) is 11.6 Å². The molecule has 3 aromatic rings. The Bertz CT molecular complexity index is 1170. The van der Waals surface area contributed by atoms with E-state index in [0.29, 0.717) is 16.3 Å². The Labute approximate surface area is 178 Å². The maximum absolute atomic E-state index is 13.0. The summed E-state index contributed by atoms with van der Waals surface area (Å²) in [5.41, 5.74) is 1.05. The molecule has 156 valence electrons.